The monoisotopic (exact) mass is 216 g/mol. The molecule has 1 heterocycles. The van der Waals surface area contributed by atoms with Gasteiger partial charge in [-0.25, -0.2) is 0 Å². The lowest BCUT2D eigenvalue weighted by Gasteiger charge is -2.10. The summed E-state index contributed by atoms with van der Waals surface area (Å²) in [4.78, 5) is 22.1. The molecule has 15 heavy (non-hydrogen) atoms. The Hall–Kier alpha value is -1.14. The van der Waals surface area contributed by atoms with Gasteiger partial charge in [-0.15, -0.1) is 0 Å². The Labute approximate surface area is 88.3 Å². The Bertz CT molecular complexity index is 232. The van der Waals surface area contributed by atoms with E-state index in [4.69, 9.17) is 9.47 Å². The zero-order chi connectivity index (χ0) is 11.1. The van der Waals surface area contributed by atoms with Crippen LogP contribution in [0, 0.1) is 0 Å². The molecule has 6 heteroatoms. The summed E-state index contributed by atoms with van der Waals surface area (Å²) < 4.78 is 9.79. The summed E-state index contributed by atoms with van der Waals surface area (Å²) in [5, 5.41) is 5.33. The number of carbonyl (C=O) groups excluding carboxylic acids is 2. The minimum absolute atomic E-state index is 0.00799. The van der Waals surface area contributed by atoms with Gasteiger partial charge in [-0.05, 0) is 0 Å². The Morgan fingerprint density at radius 2 is 2.40 bits per heavy atom. The van der Waals surface area contributed by atoms with Crippen molar-refractivity contribution in [3.8, 4) is 0 Å². The normalized spacial score (nSPS) is 20.1. The summed E-state index contributed by atoms with van der Waals surface area (Å²) in [6.45, 7) is 1.37. The minimum atomic E-state index is -0.201. The molecule has 1 unspecified atom stereocenters. The van der Waals surface area contributed by atoms with Gasteiger partial charge in [0.2, 0.25) is 11.8 Å². The van der Waals surface area contributed by atoms with Crippen LogP contribution >= 0.6 is 0 Å². The fourth-order valence-electron chi connectivity index (χ4n) is 1.28. The Morgan fingerprint density at radius 1 is 1.60 bits per heavy atom. The third-order valence-corrected chi connectivity index (χ3v) is 2.01. The van der Waals surface area contributed by atoms with Gasteiger partial charge in [-0.2, -0.15) is 0 Å². The SMILES string of the molecule is COCCOCC(=O)NC1CNC(=O)C1. The van der Waals surface area contributed by atoms with Gasteiger partial charge in [0, 0.05) is 20.1 Å². The number of hydrogen-bond acceptors (Lipinski definition) is 4. The first-order valence-corrected chi connectivity index (χ1v) is 4.85. The highest BCUT2D eigenvalue weighted by atomic mass is 16.5. The number of ether oxygens (including phenoxy) is 2. The molecule has 0 bridgehead atoms. The van der Waals surface area contributed by atoms with Crippen LogP contribution in [0.3, 0.4) is 0 Å². The smallest absolute Gasteiger partial charge is 0.246 e. The number of nitrogens with one attached hydrogen (secondary N) is 2. The van der Waals surface area contributed by atoms with Crippen LogP contribution in [-0.4, -0.2) is 51.3 Å². The molecule has 0 aromatic rings. The Morgan fingerprint density at radius 3 is 3.00 bits per heavy atom. The van der Waals surface area contributed by atoms with Crippen molar-refractivity contribution in [3.63, 3.8) is 0 Å². The Balaban J connectivity index is 2.05. The average molecular weight is 216 g/mol. The summed E-state index contributed by atoms with van der Waals surface area (Å²) in [5.74, 6) is -0.229. The van der Waals surface area contributed by atoms with Gasteiger partial charge < -0.3 is 20.1 Å². The van der Waals surface area contributed by atoms with Gasteiger partial charge >= 0.3 is 0 Å². The van der Waals surface area contributed by atoms with Crippen molar-refractivity contribution in [3.05, 3.63) is 0 Å². The number of carbonyl (C=O) groups is 2. The van der Waals surface area contributed by atoms with E-state index < -0.39 is 0 Å². The highest BCUT2D eigenvalue weighted by Gasteiger charge is 2.22. The molecule has 0 saturated carbocycles. The molecule has 0 radical (unpaired) electrons. The number of hydrogen-bond donors (Lipinski definition) is 2. The zero-order valence-electron chi connectivity index (χ0n) is 8.75. The molecule has 6 nitrogen and oxygen atoms in total. The molecule has 0 spiro atoms. The fraction of sp³-hybridized carbons (Fsp3) is 0.778. The number of amides is 2. The van der Waals surface area contributed by atoms with E-state index in [1.54, 1.807) is 7.11 Å². The molecule has 0 aromatic heterocycles. The van der Waals surface area contributed by atoms with Crippen LogP contribution in [-0.2, 0) is 19.1 Å². The van der Waals surface area contributed by atoms with Crippen LogP contribution in [0.1, 0.15) is 6.42 Å². The highest BCUT2D eigenvalue weighted by molar-refractivity contribution is 5.82. The summed E-state index contributed by atoms with van der Waals surface area (Å²) >= 11 is 0. The zero-order valence-corrected chi connectivity index (χ0v) is 8.75. The maximum Gasteiger partial charge on any atom is 0.246 e. The van der Waals surface area contributed by atoms with Gasteiger partial charge in [0.25, 0.3) is 0 Å². The van der Waals surface area contributed by atoms with Crippen molar-refractivity contribution in [2.45, 2.75) is 12.5 Å². The van der Waals surface area contributed by atoms with Crippen molar-refractivity contribution in [2.24, 2.45) is 0 Å². The lowest BCUT2D eigenvalue weighted by atomic mass is 10.2. The molecular weight excluding hydrogens is 200 g/mol. The molecule has 1 saturated heterocycles. The quantitative estimate of drug-likeness (QED) is 0.538. The average Bonchev–Trinajstić information content (AvgIpc) is 2.59. The molecule has 86 valence electrons. The van der Waals surface area contributed by atoms with Crippen LogP contribution < -0.4 is 10.6 Å². The molecule has 2 amide bonds. The van der Waals surface area contributed by atoms with E-state index in [0.29, 0.717) is 26.2 Å². The van der Waals surface area contributed by atoms with Crippen LogP contribution in [0.4, 0.5) is 0 Å². The van der Waals surface area contributed by atoms with Crippen molar-refractivity contribution >= 4 is 11.8 Å². The van der Waals surface area contributed by atoms with Crippen molar-refractivity contribution in [1.29, 1.82) is 0 Å². The molecule has 1 atom stereocenters. The van der Waals surface area contributed by atoms with Gasteiger partial charge in [0.1, 0.15) is 6.61 Å². The lowest BCUT2D eigenvalue weighted by Crippen LogP contribution is -2.38. The van der Waals surface area contributed by atoms with Crippen molar-refractivity contribution in [1.82, 2.24) is 10.6 Å². The first-order valence-electron chi connectivity index (χ1n) is 4.85. The largest absolute Gasteiger partial charge is 0.382 e. The third-order valence-electron chi connectivity index (χ3n) is 2.01. The maximum absolute atomic E-state index is 11.3. The fourth-order valence-corrected chi connectivity index (χ4v) is 1.28. The second-order valence-corrected chi connectivity index (χ2v) is 3.32. The van der Waals surface area contributed by atoms with E-state index in [2.05, 4.69) is 10.6 Å². The van der Waals surface area contributed by atoms with Crippen molar-refractivity contribution in [2.75, 3.05) is 33.5 Å². The third kappa shape index (κ3) is 4.75. The van der Waals surface area contributed by atoms with E-state index in [9.17, 15) is 9.59 Å². The molecule has 1 rings (SSSR count). The van der Waals surface area contributed by atoms with Gasteiger partial charge in [0.15, 0.2) is 0 Å². The van der Waals surface area contributed by atoms with E-state index >= 15 is 0 Å². The summed E-state index contributed by atoms with van der Waals surface area (Å²) in [6.07, 6.45) is 0.351. The topological polar surface area (TPSA) is 76.7 Å². The Kier molecular flexibility index (Phi) is 5.06. The van der Waals surface area contributed by atoms with Crippen molar-refractivity contribution < 1.29 is 19.1 Å². The molecule has 2 N–H and O–H groups in total. The summed E-state index contributed by atoms with van der Waals surface area (Å²) in [5.41, 5.74) is 0. The van der Waals surface area contributed by atoms with Gasteiger partial charge in [-0.3, -0.25) is 9.59 Å². The number of methoxy groups -OCH3 is 1. The predicted molar refractivity (Wildman–Crippen MR) is 52.3 cm³/mol. The van der Waals surface area contributed by atoms with Crippen LogP contribution in [0.2, 0.25) is 0 Å². The van der Waals surface area contributed by atoms with Gasteiger partial charge in [-0.1, -0.05) is 0 Å². The number of rotatable bonds is 6. The molecule has 1 aliphatic rings. The molecule has 1 aliphatic heterocycles. The minimum Gasteiger partial charge on any atom is -0.382 e. The van der Waals surface area contributed by atoms with E-state index in [0.717, 1.165) is 0 Å². The van der Waals surface area contributed by atoms with Crippen LogP contribution in [0.15, 0.2) is 0 Å². The standard InChI is InChI=1S/C9H16N2O4/c1-14-2-3-15-6-9(13)11-7-4-8(12)10-5-7/h7H,2-6H2,1H3,(H,10,12)(H,11,13). The van der Waals surface area contributed by atoms with Gasteiger partial charge in [0.05, 0.1) is 19.3 Å². The first kappa shape index (κ1) is 11.9. The van der Waals surface area contributed by atoms with Crippen LogP contribution in [0.25, 0.3) is 0 Å². The summed E-state index contributed by atoms with van der Waals surface area (Å²) in [7, 11) is 1.57. The summed E-state index contributed by atoms with van der Waals surface area (Å²) in [6, 6.07) is -0.101. The molecule has 0 aliphatic carbocycles. The molecule has 1 fully saturated rings. The highest BCUT2D eigenvalue weighted by Crippen LogP contribution is 1.98. The maximum atomic E-state index is 11.3. The first-order chi connectivity index (χ1) is 7.22. The molecular formula is C9H16N2O4. The second kappa shape index (κ2) is 6.36. The second-order valence-electron chi connectivity index (χ2n) is 3.32. The lowest BCUT2D eigenvalue weighted by molar-refractivity contribution is -0.126. The van der Waals surface area contributed by atoms with E-state index in [1.807, 2.05) is 0 Å². The predicted octanol–water partition coefficient (Wildman–Crippen LogP) is -1.35. The van der Waals surface area contributed by atoms with E-state index in [-0.39, 0.29) is 24.5 Å². The molecule has 0 aromatic carbocycles. The van der Waals surface area contributed by atoms with Crippen LogP contribution in [0.5, 0.6) is 0 Å². The van der Waals surface area contributed by atoms with E-state index in [1.165, 1.54) is 0 Å².